The summed E-state index contributed by atoms with van der Waals surface area (Å²) in [7, 11) is 0. The van der Waals surface area contributed by atoms with E-state index >= 15 is 0 Å². The molecule has 0 amide bonds. The molecule has 0 aliphatic heterocycles. The topological polar surface area (TPSA) is 34.9 Å². The summed E-state index contributed by atoms with van der Waals surface area (Å²) in [6.07, 6.45) is 2.53. The molecular formula is C13H12Cl2N2O. The van der Waals surface area contributed by atoms with Crippen LogP contribution in [0.5, 0.6) is 0 Å². The van der Waals surface area contributed by atoms with Crippen LogP contribution in [0.4, 0.5) is 0 Å². The molecule has 0 fully saturated rings. The largest absolute Gasteiger partial charge is 0.298 e. The number of carbonyl (C=O) groups excluding carboxylic acids is 1. The molecule has 0 N–H and O–H groups in total. The van der Waals surface area contributed by atoms with Crippen molar-refractivity contribution in [2.45, 2.75) is 19.9 Å². The van der Waals surface area contributed by atoms with Crippen molar-refractivity contribution < 1.29 is 4.79 Å². The Labute approximate surface area is 115 Å². The minimum absolute atomic E-state index is 0.195. The highest BCUT2D eigenvalue weighted by Gasteiger charge is 2.13. The Bertz CT molecular complexity index is 591. The maximum atomic E-state index is 11.1. The molecule has 1 heterocycles. The molecule has 0 aliphatic carbocycles. The number of aldehydes is 1. The number of hydrogen-bond donors (Lipinski definition) is 0. The van der Waals surface area contributed by atoms with Crippen molar-refractivity contribution in [3.05, 3.63) is 40.0 Å². The van der Waals surface area contributed by atoms with E-state index in [9.17, 15) is 4.79 Å². The van der Waals surface area contributed by atoms with E-state index in [1.807, 2.05) is 13.8 Å². The molecule has 0 atom stereocenters. The predicted octanol–water partition coefficient (Wildman–Crippen LogP) is 4.25. The minimum Gasteiger partial charge on any atom is -0.298 e. The Morgan fingerprint density at radius 3 is 2.56 bits per heavy atom. The van der Waals surface area contributed by atoms with Gasteiger partial charge in [-0.25, -0.2) is 0 Å². The molecule has 0 unspecified atom stereocenters. The first kappa shape index (κ1) is 13.1. The second-order valence-electron chi connectivity index (χ2n) is 4.25. The van der Waals surface area contributed by atoms with Crippen molar-refractivity contribution in [1.82, 2.24) is 9.78 Å². The van der Waals surface area contributed by atoms with Crippen molar-refractivity contribution in [2.75, 3.05) is 0 Å². The number of halogens is 2. The Kier molecular flexibility index (Phi) is 3.73. The summed E-state index contributed by atoms with van der Waals surface area (Å²) in [5.41, 5.74) is 1.95. The molecule has 18 heavy (non-hydrogen) atoms. The molecule has 2 aromatic rings. The van der Waals surface area contributed by atoms with Crippen LogP contribution in [0.3, 0.4) is 0 Å². The molecule has 94 valence electrons. The highest BCUT2D eigenvalue weighted by Crippen LogP contribution is 2.29. The number of benzene rings is 1. The molecule has 0 saturated carbocycles. The predicted molar refractivity (Wildman–Crippen MR) is 73.5 cm³/mol. The molecule has 0 radical (unpaired) electrons. The first-order valence-corrected chi connectivity index (χ1v) is 6.28. The quantitative estimate of drug-likeness (QED) is 0.789. The summed E-state index contributed by atoms with van der Waals surface area (Å²) >= 11 is 11.8. The van der Waals surface area contributed by atoms with E-state index in [1.165, 1.54) is 0 Å². The minimum atomic E-state index is 0.195. The summed E-state index contributed by atoms with van der Waals surface area (Å²) in [6.45, 7) is 4.00. The molecule has 1 aromatic heterocycles. The molecule has 0 bridgehead atoms. The van der Waals surface area contributed by atoms with Gasteiger partial charge >= 0.3 is 0 Å². The van der Waals surface area contributed by atoms with E-state index in [2.05, 4.69) is 5.10 Å². The third-order valence-electron chi connectivity index (χ3n) is 2.61. The van der Waals surface area contributed by atoms with Gasteiger partial charge in [0.15, 0.2) is 6.29 Å². The highest BCUT2D eigenvalue weighted by molar-refractivity contribution is 6.42. The third-order valence-corrected chi connectivity index (χ3v) is 3.35. The van der Waals surface area contributed by atoms with Gasteiger partial charge in [0, 0.05) is 17.8 Å². The zero-order chi connectivity index (χ0) is 13.3. The van der Waals surface area contributed by atoms with Gasteiger partial charge in [-0.3, -0.25) is 9.48 Å². The maximum absolute atomic E-state index is 11.1. The van der Waals surface area contributed by atoms with Crippen molar-refractivity contribution >= 4 is 29.5 Å². The first-order valence-electron chi connectivity index (χ1n) is 5.52. The molecule has 0 aliphatic rings. The Hall–Kier alpha value is -1.32. The second-order valence-corrected chi connectivity index (χ2v) is 5.07. The summed E-state index contributed by atoms with van der Waals surface area (Å²) in [4.78, 5) is 11.1. The van der Waals surface area contributed by atoms with E-state index in [1.54, 1.807) is 29.1 Å². The van der Waals surface area contributed by atoms with Gasteiger partial charge in [0.25, 0.3) is 0 Å². The summed E-state index contributed by atoms with van der Waals surface area (Å²) in [5.74, 6) is 0. The number of hydrogen-bond acceptors (Lipinski definition) is 2. The van der Waals surface area contributed by atoms with Gasteiger partial charge in [0.1, 0.15) is 5.69 Å². The second kappa shape index (κ2) is 5.12. The molecule has 3 nitrogen and oxygen atoms in total. The van der Waals surface area contributed by atoms with E-state index in [-0.39, 0.29) is 6.04 Å². The van der Waals surface area contributed by atoms with E-state index < -0.39 is 0 Å². The van der Waals surface area contributed by atoms with Gasteiger partial charge in [-0.05, 0) is 26.0 Å². The fraction of sp³-hybridized carbons (Fsp3) is 0.231. The van der Waals surface area contributed by atoms with Crippen LogP contribution in [-0.4, -0.2) is 16.1 Å². The van der Waals surface area contributed by atoms with Crippen molar-refractivity contribution in [1.29, 1.82) is 0 Å². The zero-order valence-corrected chi connectivity index (χ0v) is 11.5. The normalized spacial score (nSPS) is 10.9. The standard InChI is InChI=1S/C13H12Cl2N2O/c1-8(2)17-6-10(7-18)13(16-17)9-3-4-11(14)12(15)5-9/h3-8H,1-2H3. The van der Waals surface area contributed by atoms with Crippen LogP contribution >= 0.6 is 23.2 Å². The zero-order valence-electron chi connectivity index (χ0n) is 10.0. The summed E-state index contributed by atoms with van der Waals surface area (Å²) in [5, 5.41) is 5.34. The van der Waals surface area contributed by atoms with Gasteiger partial charge in [0.2, 0.25) is 0 Å². The molecule has 0 spiro atoms. The van der Waals surface area contributed by atoms with Crippen molar-refractivity contribution in [2.24, 2.45) is 0 Å². The Morgan fingerprint density at radius 1 is 1.28 bits per heavy atom. The lowest BCUT2D eigenvalue weighted by atomic mass is 10.1. The lowest BCUT2D eigenvalue weighted by Gasteiger charge is -2.04. The number of nitrogens with zero attached hydrogens (tertiary/aromatic N) is 2. The molecule has 0 saturated heterocycles. The van der Waals surface area contributed by atoms with Crippen molar-refractivity contribution in [3.8, 4) is 11.3 Å². The lowest BCUT2D eigenvalue weighted by molar-refractivity contribution is 0.112. The molecule has 5 heteroatoms. The highest BCUT2D eigenvalue weighted by atomic mass is 35.5. The van der Waals surface area contributed by atoms with Crippen molar-refractivity contribution in [3.63, 3.8) is 0 Å². The van der Waals surface area contributed by atoms with Crippen LogP contribution in [0, 0.1) is 0 Å². The fourth-order valence-electron chi connectivity index (χ4n) is 1.62. The van der Waals surface area contributed by atoms with Gasteiger partial charge < -0.3 is 0 Å². The Morgan fingerprint density at radius 2 is 2.00 bits per heavy atom. The van der Waals surface area contributed by atoms with Gasteiger partial charge in [0.05, 0.1) is 15.6 Å². The smallest absolute Gasteiger partial charge is 0.153 e. The number of aromatic nitrogens is 2. The maximum Gasteiger partial charge on any atom is 0.153 e. The van der Waals surface area contributed by atoms with Crippen LogP contribution in [-0.2, 0) is 0 Å². The van der Waals surface area contributed by atoms with Crippen LogP contribution in [0.25, 0.3) is 11.3 Å². The molecule has 2 rings (SSSR count). The fourth-order valence-corrected chi connectivity index (χ4v) is 1.92. The van der Waals surface area contributed by atoms with Gasteiger partial charge in [-0.2, -0.15) is 5.10 Å². The van der Waals surface area contributed by atoms with E-state index in [4.69, 9.17) is 23.2 Å². The van der Waals surface area contributed by atoms with E-state index in [0.717, 1.165) is 11.8 Å². The average molecular weight is 283 g/mol. The van der Waals surface area contributed by atoms with Gasteiger partial charge in [-0.15, -0.1) is 0 Å². The summed E-state index contributed by atoms with van der Waals surface area (Å²) < 4.78 is 1.75. The lowest BCUT2D eigenvalue weighted by Crippen LogP contribution is -2.00. The monoisotopic (exact) mass is 282 g/mol. The van der Waals surface area contributed by atoms with Crippen LogP contribution < -0.4 is 0 Å². The SMILES string of the molecule is CC(C)n1cc(C=O)c(-c2ccc(Cl)c(Cl)c2)n1. The summed E-state index contributed by atoms with van der Waals surface area (Å²) in [6, 6.07) is 5.40. The van der Waals surface area contributed by atoms with Gasteiger partial charge in [-0.1, -0.05) is 29.3 Å². The first-order chi connectivity index (χ1) is 8.52. The van der Waals surface area contributed by atoms with E-state index in [0.29, 0.717) is 21.3 Å². The number of carbonyl (C=O) groups is 1. The Balaban J connectivity index is 2.55. The number of rotatable bonds is 3. The average Bonchev–Trinajstić information content (AvgIpc) is 2.77. The molecular weight excluding hydrogens is 271 g/mol. The third kappa shape index (κ3) is 2.42. The molecule has 1 aromatic carbocycles. The van der Waals surface area contributed by atoms with Crippen LogP contribution in [0.15, 0.2) is 24.4 Å². The van der Waals surface area contributed by atoms with Crippen LogP contribution in [0.1, 0.15) is 30.2 Å². The van der Waals surface area contributed by atoms with Crippen LogP contribution in [0.2, 0.25) is 10.0 Å².